The van der Waals surface area contributed by atoms with E-state index in [0.29, 0.717) is 10.9 Å². The molecule has 2 heterocycles. The molecule has 4 rings (SSSR count). The van der Waals surface area contributed by atoms with Crippen LogP contribution >= 0.6 is 11.8 Å². The maximum Gasteiger partial charge on any atom is 0.230 e. The van der Waals surface area contributed by atoms with Crippen molar-refractivity contribution in [2.45, 2.75) is 30.5 Å². The highest BCUT2D eigenvalue weighted by molar-refractivity contribution is 7.99. The highest BCUT2D eigenvalue weighted by Gasteiger charge is 2.21. The number of carbonyl (C=O) groups excluding carboxylic acids is 1. The molecule has 0 aliphatic heterocycles. The lowest BCUT2D eigenvalue weighted by Crippen LogP contribution is -2.32. The van der Waals surface area contributed by atoms with Crippen molar-refractivity contribution in [1.82, 2.24) is 25.1 Å². The van der Waals surface area contributed by atoms with Crippen LogP contribution in [0.25, 0.3) is 11.4 Å². The van der Waals surface area contributed by atoms with Crippen molar-refractivity contribution in [3.8, 4) is 11.4 Å². The second kappa shape index (κ2) is 7.92. The first-order valence-electron chi connectivity index (χ1n) is 9.02. The van der Waals surface area contributed by atoms with Crippen LogP contribution in [0.15, 0.2) is 53.9 Å². The number of benzene rings is 1. The van der Waals surface area contributed by atoms with Crippen molar-refractivity contribution in [3.05, 3.63) is 59.9 Å². The normalized spacial score (nSPS) is 16.0. The number of amides is 1. The molecule has 1 atom stereocenters. The summed E-state index contributed by atoms with van der Waals surface area (Å²) in [5.41, 5.74) is 3.50. The summed E-state index contributed by atoms with van der Waals surface area (Å²) in [6.45, 7) is 0. The first kappa shape index (κ1) is 17.7. The minimum absolute atomic E-state index is 0.0210. The summed E-state index contributed by atoms with van der Waals surface area (Å²) in [6, 6.07) is 12.3. The van der Waals surface area contributed by atoms with Crippen LogP contribution in [-0.4, -0.2) is 31.4 Å². The summed E-state index contributed by atoms with van der Waals surface area (Å²) in [4.78, 5) is 16.6. The smallest absolute Gasteiger partial charge is 0.230 e. The Labute approximate surface area is 162 Å². The van der Waals surface area contributed by atoms with Gasteiger partial charge in [-0.3, -0.25) is 9.78 Å². The Bertz CT molecular complexity index is 941. The average Bonchev–Trinajstić information content (AvgIpc) is 3.08. The second-order valence-corrected chi connectivity index (χ2v) is 7.55. The maximum atomic E-state index is 12.5. The van der Waals surface area contributed by atoms with Crippen LogP contribution in [0, 0.1) is 0 Å². The number of hydrogen-bond donors (Lipinski definition) is 1. The SMILES string of the molecule is Cn1c(SCC(=O)NC2CCCc3ccccc32)nnc1-c1cccnc1. The fraction of sp³-hybridized carbons (Fsp3) is 0.300. The van der Waals surface area contributed by atoms with Crippen LogP contribution < -0.4 is 5.32 Å². The molecule has 1 N–H and O–H groups in total. The van der Waals surface area contributed by atoms with Gasteiger partial charge >= 0.3 is 0 Å². The monoisotopic (exact) mass is 379 g/mol. The van der Waals surface area contributed by atoms with E-state index in [9.17, 15) is 4.79 Å². The molecule has 1 unspecified atom stereocenters. The molecule has 7 heteroatoms. The Morgan fingerprint density at radius 3 is 3.00 bits per heavy atom. The lowest BCUT2D eigenvalue weighted by atomic mass is 9.88. The standard InChI is InChI=1S/C20H21N5OS/c1-25-19(15-8-5-11-21-12-15)23-24-20(25)27-13-18(26)22-17-10-4-7-14-6-2-3-9-16(14)17/h2-3,5-6,8-9,11-12,17H,4,7,10,13H2,1H3,(H,22,26). The van der Waals surface area contributed by atoms with Crippen LogP contribution in [0.5, 0.6) is 0 Å². The maximum absolute atomic E-state index is 12.5. The van der Waals surface area contributed by atoms with Gasteiger partial charge in [-0.15, -0.1) is 10.2 Å². The Hall–Kier alpha value is -2.67. The fourth-order valence-corrected chi connectivity index (χ4v) is 4.18. The van der Waals surface area contributed by atoms with Gasteiger partial charge in [-0.05, 0) is 42.5 Å². The fourth-order valence-electron chi connectivity index (χ4n) is 3.46. The van der Waals surface area contributed by atoms with Gasteiger partial charge in [-0.2, -0.15) is 0 Å². The molecule has 0 saturated carbocycles. The third-order valence-electron chi connectivity index (χ3n) is 4.79. The molecule has 2 aromatic heterocycles. The van der Waals surface area contributed by atoms with E-state index >= 15 is 0 Å². The summed E-state index contributed by atoms with van der Waals surface area (Å²) < 4.78 is 1.89. The number of nitrogens with zero attached hydrogens (tertiary/aromatic N) is 4. The number of aromatic nitrogens is 4. The van der Waals surface area contributed by atoms with E-state index in [2.05, 4.69) is 38.7 Å². The predicted molar refractivity (Wildman–Crippen MR) is 105 cm³/mol. The average molecular weight is 379 g/mol. The Morgan fingerprint density at radius 1 is 1.26 bits per heavy atom. The van der Waals surface area contributed by atoms with Gasteiger partial charge in [-0.1, -0.05) is 36.0 Å². The number of rotatable bonds is 5. The molecule has 1 aliphatic carbocycles. The third kappa shape index (κ3) is 3.88. The minimum atomic E-state index is 0.0210. The van der Waals surface area contributed by atoms with Crippen molar-refractivity contribution in [3.63, 3.8) is 0 Å². The van der Waals surface area contributed by atoms with Crippen LogP contribution in [0.4, 0.5) is 0 Å². The molecule has 0 radical (unpaired) electrons. The molecule has 138 valence electrons. The number of thioether (sulfide) groups is 1. The second-order valence-electron chi connectivity index (χ2n) is 6.61. The lowest BCUT2D eigenvalue weighted by molar-refractivity contribution is -0.119. The molecule has 27 heavy (non-hydrogen) atoms. The van der Waals surface area contributed by atoms with Crippen LogP contribution in [-0.2, 0) is 18.3 Å². The van der Waals surface area contributed by atoms with E-state index in [-0.39, 0.29) is 11.9 Å². The highest BCUT2D eigenvalue weighted by atomic mass is 32.2. The largest absolute Gasteiger partial charge is 0.349 e. The van der Waals surface area contributed by atoms with Crippen molar-refractivity contribution in [2.24, 2.45) is 7.05 Å². The topological polar surface area (TPSA) is 72.7 Å². The van der Waals surface area contributed by atoms with Gasteiger partial charge < -0.3 is 9.88 Å². The van der Waals surface area contributed by atoms with Gasteiger partial charge in [0.15, 0.2) is 11.0 Å². The summed E-state index contributed by atoms with van der Waals surface area (Å²) in [7, 11) is 1.90. The third-order valence-corrected chi connectivity index (χ3v) is 5.81. The summed E-state index contributed by atoms with van der Waals surface area (Å²) >= 11 is 1.40. The Balaban J connectivity index is 1.39. The zero-order valence-corrected chi connectivity index (χ0v) is 15.9. The van der Waals surface area contributed by atoms with Crippen molar-refractivity contribution in [1.29, 1.82) is 0 Å². The quantitative estimate of drug-likeness (QED) is 0.690. The van der Waals surface area contributed by atoms with Crippen LogP contribution in [0.1, 0.15) is 30.0 Å². The molecule has 3 aromatic rings. The molecule has 1 aliphatic rings. The molecule has 1 amide bonds. The lowest BCUT2D eigenvalue weighted by Gasteiger charge is -2.26. The van der Waals surface area contributed by atoms with Gasteiger partial charge in [0.05, 0.1) is 11.8 Å². The van der Waals surface area contributed by atoms with Crippen molar-refractivity contribution in [2.75, 3.05) is 5.75 Å². The van der Waals surface area contributed by atoms with E-state index in [1.54, 1.807) is 12.4 Å². The number of pyridine rings is 1. The number of aryl methyl sites for hydroxylation is 1. The number of nitrogens with one attached hydrogen (secondary N) is 1. The van der Waals surface area contributed by atoms with Gasteiger partial charge in [0.2, 0.25) is 5.91 Å². The summed E-state index contributed by atoms with van der Waals surface area (Å²) in [6.07, 6.45) is 6.66. The van der Waals surface area contributed by atoms with Crippen LogP contribution in [0.3, 0.4) is 0 Å². The highest BCUT2D eigenvalue weighted by Crippen LogP contribution is 2.29. The van der Waals surface area contributed by atoms with Crippen molar-refractivity contribution < 1.29 is 4.79 Å². The zero-order valence-electron chi connectivity index (χ0n) is 15.1. The predicted octanol–water partition coefficient (Wildman–Crippen LogP) is 3.16. The number of hydrogen-bond acceptors (Lipinski definition) is 5. The summed E-state index contributed by atoms with van der Waals surface area (Å²) in [5.74, 6) is 1.08. The van der Waals surface area contributed by atoms with Gasteiger partial charge in [0.25, 0.3) is 0 Å². The molecule has 0 bridgehead atoms. The van der Waals surface area contributed by atoms with E-state index in [0.717, 1.165) is 30.7 Å². The first-order chi connectivity index (χ1) is 13.2. The number of fused-ring (bicyclic) bond motifs is 1. The molecule has 0 spiro atoms. The van der Waals surface area contributed by atoms with Gasteiger partial charge in [0, 0.05) is 25.0 Å². The van der Waals surface area contributed by atoms with Gasteiger partial charge in [-0.25, -0.2) is 0 Å². The molecule has 0 fully saturated rings. The molecule has 1 aromatic carbocycles. The van der Waals surface area contributed by atoms with E-state index < -0.39 is 0 Å². The van der Waals surface area contributed by atoms with Crippen molar-refractivity contribution >= 4 is 17.7 Å². The number of carbonyl (C=O) groups is 1. The summed E-state index contributed by atoms with van der Waals surface area (Å²) in [5, 5.41) is 12.3. The molecule has 0 saturated heterocycles. The zero-order chi connectivity index (χ0) is 18.6. The minimum Gasteiger partial charge on any atom is -0.349 e. The van der Waals surface area contributed by atoms with E-state index in [4.69, 9.17) is 0 Å². The molecular formula is C20H21N5OS. The first-order valence-corrected chi connectivity index (χ1v) is 10.0. The Kier molecular flexibility index (Phi) is 5.20. The van der Waals surface area contributed by atoms with E-state index in [1.165, 1.54) is 22.9 Å². The molecular weight excluding hydrogens is 358 g/mol. The molecule has 6 nitrogen and oxygen atoms in total. The van der Waals surface area contributed by atoms with E-state index in [1.807, 2.05) is 29.8 Å². The van der Waals surface area contributed by atoms with Crippen LogP contribution in [0.2, 0.25) is 0 Å². The Morgan fingerprint density at radius 2 is 2.15 bits per heavy atom. The van der Waals surface area contributed by atoms with Gasteiger partial charge in [0.1, 0.15) is 0 Å².